The molecule has 0 aliphatic heterocycles. The fraction of sp³-hybridized carbons (Fsp3) is 0.522. The third kappa shape index (κ3) is 5.96. The Hall–Kier alpha value is -2.07. The molecule has 0 saturated heterocycles. The molecule has 0 atom stereocenters. The van der Waals surface area contributed by atoms with Crippen molar-refractivity contribution in [1.29, 1.82) is 0 Å². The van der Waals surface area contributed by atoms with Crippen molar-refractivity contribution in [2.45, 2.75) is 60.4 Å². The van der Waals surface area contributed by atoms with Crippen LogP contribution in [-0.4, -0.2) is 30.6 Å². The number of hydrogen-bond acceptors (Lipinski definition) is 4. The van der Waals surface area contributed by atoms with E-state index in [-0.39, 0.29) is 0 Å². The normalized spacial score (nSPS) is 11.1. The van der Waals surface area contributed by atoms with Gasteiger partial charge in [-0.15, -0.1) is 0 Å². The summed E-state index contributed by atoms with van der Waals surface area (Å²) in [7, 11) is 4.15. The molecule has 1 aromatic heterocycles. The molecule has 0 fully saturated rings. The van der Waals surface area contributed by atoms with Gasteiger partial charge in [0, 0.05) is 24.0 Å². The predicted molar refractivity (Wildman–Crippen MR) is 115 cm³/mol. The van der Waals surface area contributed by atoms with Crippen LogP contribution in [-0.2, 0) is 6.54 Å². The zero-order valence-electron chi connectivity index (χ0n) is 18.1. The summed E-state index contributed by atoms with van der Waals surface area (Å²) < 4.78 is 6.17. The number of aryl methyl sites for hydroxylation is 4. The van der Waals surface area contributed by atoms with Crippen LogP contribution in [0.1, 0.15) is 54.1 Å². The van der Waals surface area contributed by atoms with Crippen LogP contribution in [0, 0.1) is 27.7 Å². The molecule has 1 N–H and O–H groups in total. The van der Waals surface area contributed by atoms with Gasteiger partial charge in [0.05, 0.1) is 12.2 Å². The van der Waals surface area contributed by atoms with Gasteiger partial charge in [-0.25, -0.2) is 4.98 Å². The Morgan fingerprint density at radius 1 is 1.00 bits per heavy atom. The molecule has 2 rings (SSSR count). The van der Waals surface area contributed by atoms with Crippen molar-refractivity contribution < 1.29 is 4.74 Å². The summed E-state index contributed by atoms with van der Waals surface area (Å²) in [5.41, 5.74) is 6.96. The van der Waals surface area contributed by atoms with Crippen LogP contribution >= 0.6 is 0 Å². The monoisotopic (exact) mass is 369 g/mol. The number of ether oxygens (including phenoxy) is 1. The van der Waals surface area contributed by atoms with Gasteiger partial charge in [-0.05, 0) is 59.3 Å². The Balaban J connectivity index is 2.40. The first-order chi connectivity index (χ1) is 12.8. The number of nitrogens with one attached hydrogen (secondary N) is 1. The van der Waals surface area contributed by atoms with E-state index in [1.54, 1.807) is 0 Å². The Bertz CT molecular complexity index is 745. The zero-order chi connectivity index (χ0) is 20.0. The maximum Gasteiger partial charge on any atom is 0.138 e. The van der Waals surface area contributed by atoms with Crippen molar-refractivity contribution in [1.82, 2.24) is 9.88 Å². The number of anilines is 2. The van der Waals surface area contributed by atoms with E-state index in [1.807, 2.05) is 6.92 Å². The van der Waals surface area contributed by atoms with Gasteiger partial charge < -0.3 is 15.0 Å². The Labute approximate surface area is 165 Å². The summed E-state index contributed by atoms with van der Waals surface area (Å²) in [6, 6.07) is 6.47. The number of pyridine rings is 1. The second kappa shape index (κ2) is 9.75. The van der Waals surface area contributed by atoms with Crippen molar-refractivity contribution in [2.75, 3.05) is 26.0 Å². The highest BCUT2D eigenvalue weighted by Crippen LogP contribution is 2.32. The minimum atomic E-state index is 0.750. The van der Waals surface area contributed by atoms with E-state index in [2.05, 4.69) is 70.2 Å². The quantitative estimate of drug-likeness (QED) is 0.576. The predicted octanol–water partition coefficient (Wildman–Crippen LogP) is 5.69. The highest BCUT2D eigenvalue weighted by atomic mass is 16.5. The Morgan fingerprint density at radius 2 is 1.67 bits per heavy atom. The number of benzene rings is 1. The van der Waals surface area contributed by atoms with Gasteiger partial charge >= 0.3 is 0 Å². The molecule has 1 aromatic carbocycles. The smallest absolute Gasteiger partial charge is 0.138 e. The van der Waals surface area contributed by atoms with Crippen molar-refractivity contribution in [3.05, 3.63) is 46.1 Å². The molecule has 0 radical (unpaired) electrons. The molecule has 1 heterocycles. The highest BCUT2D eigenvalue weighted by Gasteiger charge is 2.16. The average molecular weight is 370 g/mol. The Morgan fingerprint density at radius 3 is 2.26 bits per heavy atom. The van der Waals surface area contributed by atoms with Gasteiger partial charge in [-0.3, -0.25) is 0 Å². The Kier molecular flexibility index (Phi) is 7.66. The minimum Gasteiger partial charge on any atom is -0.493 e. The van der Waals surface area contributed by atoms with Gasteiger partial charge in [0.2, 0.25) is 0 Å². The summed E-state index contributed by atoms with van der Waals surface area (Å²) in [6.07, 6.45) is 3.47. The van der Waals surface area contributed by atoms with E-state index >= 15 is 0 Å². The molecular formula is C23H35N3O. The van der Waals surface area contributed by atoms with Crippen LogP contribution in [0.3, 0.4) is 0 Å². The van der Waals surface area contributed by atoms with E-state index in [0.717, 1.165) is 48.1 Å². The van der Waals surface area contributed by atoms with E-state index < -0.39 is 0 Å². The summed E-state index contributed by atoms with van der Waals surface area (Å²) in [5, 5.41) is 3.61. The maximum absolute atomic E-state index is 6.17. The lowest BCUT2D eigenvalue weighted by molar-refractivity contribution is 0.296. The molecule has 27 heavy (non-hydrogen) atoms. The standard InChI is InChI=1S/C23H35N3O/c1-8-9-10-11-27-21-14-19(5)24-23(20(21)15-26(6)7)25-22-17(3)12-16(2)13-18(22)4/h12-14H,8-11,15H2,1-7H3,(H,24,25). The molecule has 0 amide bonds. The van der Waals surface area contributed by atoms with Gasteiger partial charge in [0.15, 0.2) is 0 Å². The molecular weight excluding hydrogens is 334 g/mol. The van der Waals surface area contributed by atoms with Crippen LogP contribution < -0.4 is 10.1 Å². The lowest BCUT2D eigenvalue weighted by Crippen LogP contribution is -2.15. The van der Waals surface area contributed by atoms with E-state index in [9.17, 15) is 0 Å². The molecule has 0 bridgehead atoms. The molecule has 4 nitrogen and oxygen atoms in total. The highest BCUT2D eigenvalue weighted by molar-refractivity contribution is 5.68. The zero-order valence-corrected chi connectivity index (χ0v) is 18.1. The van der Waals surface area contributed by atoms with Crippen LogP contribution in [0.5, 0.6) is 5.75 Å². The van der Waals surface area contributed by atoms with Crippen LogP contribution in [0.15, 0.2) is 18.2 Å². The summed E-state index contributed by atoms with van der Waals surface area (Å²) in [4.78, 5) is 6.97. The number of unbranched alkanes of at least 4 members (excludes halogenated alkanes) is 2. The second-order valence-corrected chi connectivity index (χ2v) is 7.78. The fourth-order valence-electron chi connectivity index (χ4n) is 3.40. The SMILES string of the molecule is CCCCCOc1cc(C)nc(Nc2c(C)cc(C)cc2C)c1CN(C)C. The fourth-order valence-corrected chi connectivity index (χ4v) is 3.40. The molecule has 0 spiro atoms. The summed E-state index contributed by atoms with van der Waals surface area (Å²) >= 11 is 0. The number of hydrogen-bond donors (Lipinski definition) is 1. The van der Waals surface area contributed by atoms with E-state index in [0.29, 0.717) is 0 Å². The summed E-state index contributed by atoms with van der Waals surface area (Å²) in [5.74, 6) is 1.83. The first-order valence-electron chi connectivity index (χ1n) is 9.94. The van der Waals surface area contributed by atoms with Crippen molar-refractivity contribution in [3.8, 4) is 5.75 Å². The number of rotatable bonds is 9. The largest absolute Gasteiger partial charge is 0.493 e. The van der Waals surface area contributed by atoms with E-state index in [1.165, 1.54) is 29.5 Å². The van der Waals surface area contributed by atoms with Crippen LogP contribution in [0.25, 0.3) is 0 Å². The number of nitrogens with zero attached hydrogens (tertiary/aromatic N) is 2. The summed E-state index contributed by atoms with van der Waals surface area (Å²) in [6.45, 7) is 12.2. The van der Waals surface area contributed by atoms with Gasteiger partial charge in [-0.1, -0.05) is 37.5 Å². The van der Waals surface area contributed by atoms with Crippen molar-refractivity contribution in [2.24, 2.45) is 0 Å². The lowest BCUT2D eigenvalue weighted by Gasteiger charge is -2.21. The molecule has 0 unspecified atom stereocenters. The molecule has 2 aromatic rings. The minimum absolute atomic E-state index is 0.750. The molecule has 4 heteroatoms. The number of aromatic nitrogens is 1. The second-order valence-electron chi connectivity index (χ2n) is 7.78. The van der Waals surface area contributed by atoms with Gasteiger partial charge in [0.1, 0.15) is 11.6 Å². The van der Waals surface area contributed by atoms with Crippen molar-refractivity contribution >= 4 is 11.5 Å². The first kappa shape index (κ1) is 21.2. The third-order valence-corrected chi connectivity index (χ3v) is 4.61. The van der Waals surface area contributed by atoms with Gasteiger partial charge in [0.25, 0.3) is 0 Å². The molecule has 148 valence electrons. The van der Waals surface area contributed by atoms with Crippen LogP contribution in [0.4, 0.5) is 11.5 Å². The average Bonchev–Trinajstić information content (AvgIpc) is 2.57. The first-order valence-corrected chi connectivity index (χ1v) is 9.94. The molecule has 0 aliphatic rings. The van der Waals surface area contributed by atoms with Crippen molar-refractivity contribution in [3.63, 3.8) is 0 Å². The topological polar surface area (TPSA) is 37.4 Å². The third-order valence-electron chi connectivity index (χ3n) is 4.61. The maximum atomic E-state index is 6.17. The van der Waals surface area contributed by atoms with Gasteiger partial charge in [-0.2, -0.15) is 0 Å². The molecule has 0 aliphatic carbocycles. The lowest BCUT2D eigenvalue weighted by atomic mass is 10.0. The van der Waals surface area contributed by atoms with E-state index in [4.69, 9.17) is 9.72 Å². The molecule has 0 saturated carbocycles. The van der Waals surface area contributed by atoms with Crippen LogP contribution in [0.2, 0.25) is 0 Å².